The molecule has 2 unspecified atom stereocenters. The van der Waals surface area contributed by atoms with Gasteiger partial charge in [0.2, 0.25) is 0 Å². The highest BCUT2D eigenvalue weighted by Gasteiger charge is 2.23. The molecule has 0 radical (unpaired) electrons. The second-order valence-corrected chi connectivity index (χ2v) is 6.31. The maximum Gasteiger partial charge on any atom is 0.278 e. The van der Waals surface area contributed by atoms with Gasteiger partial charge in [0.1, 0.15) is 0 Å². The zero-order valence-electron chi connectivity index (χ0n) is 9.44. The van der Waals surface area contributed by atoms with Gasteiger partial charge in [-0.25, -0.2) is 4.72 Å². The molecular formula is C9H21N3O2S. The Balaban J connectivity index is 2.42. The van der Waals surface area contributed by atoms with Gasteiger partial charge in [0.25, 0.3) is 10.2 Å². The summed E-state index contributed by atoms with van der Waals surface area (Å²) in [6.07, 6.45) is 4.35. The molecule has 6 heteroatoms. The molecule has 1 aliphatic rings. The third kappa shape index (κ3) is 3.71. The highest BCUT2D eigenvalue weighted by molar-refractivity contribution is 7.87. The Labute approximate surface area is 92.2 Å². The zero-order chi connectivity index (χ0) is 11.5. The molecule has 0 saturated heterocycles. The lowest BCUT2D eigenvalue weighted by atomic mass is 9.85. The highest BCUT2D eigenvalue weighted by atomic mass is 32.2. The summed E-state index contributed by atoms with van der Waals surface area (Å²) in [6, 6.07) is 0.142. The zero-order valence-corrected chi connectivity index (χ0v) is 10.3. The first-order valence-electron chi connectivity index (χ1n) is 5.36. The van der Waals surface area contributed by atoms with Crippen LogP contribution in [0.2, 0.25) is 0 Å². The van der Waals surface area contributed by atoms with Gasteiger partial charge in [-0.1, -0.05) is 12.8 Å². The van der Waals surface area contributed by atoms with Crippen LogP contribution in [0.5, 0.6) is 0 Å². The van der Waals surface area contributed by atoms with Crippen LogP contribution in [-0.4, -0.2) is 39.4 Å². The van der Waals surface area contributed by atoms with Crippen molar-refractivity contribution in [2.24, 2.45) is 11.7 Å². The molecule has 1 rings (SSSR count). The summed E-state index contributed by atoms with van der Waals surface area (Å²) in [6.45, 7) is 0.460. The van der Waals surface area contributed by atoms with Crippen molar-refractivity contribution in [2.45, 2.75) is 31.7 Å². The van der Waals surface area contributed by atoms with E-state index in [1.807, 2.05) is 0 Å². The van der Waals surface area contributed by atoms with Crippen LogP contribution in [0, 0.1) is 5.92 Å². The highest BCUT2D eigenvalue weighted by Crippen LogP contribution is 2.22. The van der Waals surface area contributed by atoms with Crippen LogP contribution in [0.4, 0.5) is 0 Å². The molecule has 0 aromatic carbocycles. The van der Waals surface area contributed by atoms with E-state index in [0.29, 0.717) is 6.54 Å². The van der Waals surface area contributed by atoms with Crippen molar-refractivity contribution in [3.05, 3.63) is 0 Å². The first kappa shape index (κ1) is 12.9. The second kappa shape index (κ2) is 5.25. The molecule has 15 heavy (non-hydrogen) atoms. The summed E-state index contributed by atoms with van der Waals surface area (Å²) in [5, 5.41) is 0. The number of hydrogen-bond acceptors (Lipinski definition) is 3. The number of nitrogens with two attached hydrogens (primary N) is 1. The van der Waals surface area contributed by atoms with Crippen molar-refractivity contribution in [3.63, 3.8) is 0 Å². The molecule has 90 valence electrons. The molecule has 1 aliphatic carbocycles. The quantitative estimate of drug-likeness (QED) is 0.714. The van der Waals surface area contributed by atoms with Crippen LogP contribution >= 0.6 is 0 Å². The summed E-state index contributed by atoms with van der Waals surface area (Å²) >= 11 is 0. The van der Waals surface area contributed by atoms with Crippen LogP contribution in [0.15, 0.2) is 0 Å². The van der Waals surface area contributed by atoms with E-state index in [1.54, 1.807) is 0 Å². The third-order valence-corrected chi connectivity index (χ3v) is 4.47. The van der Waals surface area contributed by atoms with Gasteiger partial charge >= 0.3 is 0 Å². The molecule has 0 bridgehead atoms. The van der Waals surface area contributed by atoms with Gasteiger partial charge < -0.3 is 5.73 Å². The standard InChI is InChI=1S/C9H21N3O2S/c1-12(2)15(13,14)11-7-8-5-3-4-6-9(8)10/h8-9,11H,3-7,10H2,1-2H3. The molecule has 0 spiro atoms. The summed E-state index contributed by atoms with van der Waals surface area (Å²) in [5.74, 6) is 0.286. The molecule has 2 atom stereocenters. The minimum atomic E-state index is -3.29. The lowest BCUT2D eigenvalue weighted by molar-refractivity contribution is 0.306. The van der Waals surface area contributed by atoms with Crippen LogP contribution in [0.25, 0.3) is 0 Å². The van der Waals surface area contributed by atoms with E-state index in [0.717, 1.165) is 25.7 Å². The monoisotopic (exact) mass is 235 g/mol. The van der Waals surface area contributed by atoms with E-state index < -0.39 is 10.2 Å². The Morgan fingerprint density at radius 1 is 1.33 bits per heavy atom. The van der Waals surface area contributed by atoms with Crippen LogP contribution in [0.3, 0.4) is 0 Å². The van der Waals surface area contributed by atoms with Crippen molar-refractivity contribution in [1.29, 1.82) is 0 Å². The molecule has 5 nitrogen and oxygen atoms in total. The normalized spacial score (nSPS) is 28.3. The van der Waals surface area contributed by atoms with E-state index in [9.17, 15) is 8.42 Å². The first-order valence-corrected chi connectivity index (χ1v) is 6.80. The van der Waals surface area contributed by atoms with Crippen molar-refractivity contribution in [3.8, 4) is 0 Å². The molecule has 0 aromatic rings. The van der Waals surface area contributed by atoms with E-state index in [2.05, 4.69) is 4.72 Å². The Hall–Kier alpha value is -0.170. The Morgan fingerprint density at radius 3 is 2.47 bits per heavy atom. The van der Waals surface area contributed by atoms with E-state index >= 15 is 0 Å². The van der Waals surface area contributed by atoms with Gasteiger partial charge in [-0.3, -0.25) is 0 Å². The summed E-state index contributed by atoms with van der Waals surface area (Å²) in [4.78, 5) is 0. The molecule has 0 aromatic heterocycles. The first-order chi connectivity index (χ1) is 6.93. The fourth-order valence-corrected chi connectivity index (χ4v) is 2.51. The van der Waals surface area contributed by atoms with E-state index in [1.165, 1.54) is 18.4 Å². The van der Waals surface area contributed by atoms with Crippen LogP contribution < -0.4 is 10.5 Å². The van der Waals surface area contributed by atoms with Crippen LogP contribution in [0.1, 0.15) is 25.7 Å². The molecule has 1 saturated carbocycles. The van der Waals surface area contributed by atoms with Gasteiger partial charge in [-0.05, 0) is 18.8 Å². The predicted octanol–water partition coefficient (Wildman–Crippen LogP) is -0.100. The smallest absolute Gasteiger partial charge is 0.278 e. The molecule has 0 aliphatic heterocycles. The number of nitrogens with zero attached hydrogens (tertiary/aromatic N) is 1. The van der Waals surface area contributed by atoms with Gasteiger partial charge in [-0.2, -0.15) is 12.7 Å². The fourth-order valence-electron chi connectivity index (χ4n) is 1.83. The number of rotatable bonds is 4. The molecule has 0 heterocycles. The van der Waals surface area contributed by atoms with Gasteiger partial charge in [0.05, 0.1) is 0 Å². The Bertz CT molecular complexity index is 290. The average Bonchev–Trinajstić information content (AvgIpc) is 2.16. The van der Waals surface area contributed by atoms with E-state index in [4.69, 9.17) is 5.73 Å². The number of hydrogen-bond donors (Lipinski definition) is 2. The largest absolute Gasteiger partial charge is 0.327 e. The van der Waals surface area contributed by atoms with Crippen molar-refractivity contribution in [1.82, 2.24) is 9.03 Å². The van der Waals surface area contributed by atoms with E-state index in [-0.39, 0.29) is 12.0 Å². The van der Waals surface area contributed by atoms with Crippen LogP contribution in [-0.2, 0) is 10.2 Å². The molecule has 3 N–H and O–H groups in total. The Kier molecular flexibility index (Phi) is 4.51. The molecular weight excluding hydrogens is 214 g/mol. The molecule has 0 amide bonds. The maximum absolute atomic E-state index is 11.5. The third-order valence-electron chi connectivity index (χ3n) is 2.98. The SMILES string of the molecule is CN(C)S(=O)(=O)NCC1CCCCC1N. The fraction of sp³-hybridized carbons (Fsp3) is 1.00. The summed E-state index contributed by atoms with van der Waals surface area (Å²) < 4.78 is 26.7. The minimum absolute atomic E-state index is 0.142. The van der Waals surface area contributed by atoms with Gasteiger partial charge in [-0.15, -0.1) is 0 Å². The maximum atomic E-state index is 11.5. The van der Waals surface area contributed by atoms with Gasteiger partial charge in [0.15, 0.2) is 0 Å². The summed E-state index contributed by atoms with van der Waals surface area (Å²) in [7, 11) is -0.259. The van der Waals surface area contributed by atoms with Gasteiger partial charge in [0, 0.05) is 26.7 Å². The number of nitrogens with one attached hydrogen (secondary N) is 1. The van der Waals surface area contributed by atoms with Crippen molar-refractivity contribution < 1.29 is 8.42 Å². The lowest BCUT2D eigenvalue weighted by Gasteiger charge is -2.28. The predicted molar refractivity (Wildman–Crippen MR) is 60.5 cm³/mol. The summed E-state index contributed by atoms with van der Waals surface area (Å²) in [5.41, 5.74) is 5.94. The molecule has 1 fully saturated rings. The average molecular weight is 235 g/mol. The second-order valence-electron chi connectivity index (χ2n) is 4.34. The van der Waals surface area contributed by atoms with Crippen molar-refractivity contribution >= 4 is 10.2 Å². The lowest BCUT2D eigenvalue weighted by Crippen LogP contribution is -2.44. The topological polar surface area (TPSA) is 75.4 Å². The Morgan fingerprint density at radius 2 is 1.93 bits per heavy atom. The minimum Gasteiger partial charge on any atom is -0.327 e. The van der Waals surface area contributed by atoms with Crippen molar-refractivity contribution in [2.75, 3.05) is 20.6 Å².